The Labute approximate surface area is 135 Å². The number of nitrogens with one attached hydrogen (secondary N) is 1. The first-order valence-corrected chi connectivity index (χ1v) is 7.40. The van der Waals surface area contributed by atoms with Gasteiger partial charge in [0.2, 0.25) is 5.95 Å². The maximum atomic E-state index is 12.7. The molecule has 0 bridgehead atoms. The van der Waals surface area contributed by atoms with Gasteiger partial charge in [0.15, 0.2) is 0 Å². The number of anilines is 1. The number of hydrogen-bond acceptors (Lipinski definition) is 4. The zero-order valence-corrected chi connectivity index (χ0v) is 12.7. The van der Waals surface area contributed by atoms with Crippen LogP contribution in [0.3, 0.4) is 0 Å². The van der Waals surface area contributed by atoms with Crippen LogP contribution in [0.4, 0.5) is 19.1 Å². The third kappa shape index (κ3) is 3.67. The smallest absolute Gasteiger partial charge is 0.433 e. The second kappa shape index (κ2) is 6.23. The summed E-state index contributed by atoms with van der Waals surface area (Å²) in [5, 5.41) is 3.51. The lowest BCUT2D eigenvalue weighted by atomic mass is 10.0. The van der Waals surface area contributed by atoms with Crippen molar-refractivity contribution in [3.8, 4) is 5.75 Å². The Morgan fingerprint density at radius 2 is 2.09 bits per heavy atom. The average molecular weight is 344 g/mol. The molecular formula is C15H13ClF3N3O. The van der Waals surface area contributed by atoms with Crippen LogP contribution in [0.15, 0.2) is 30.5 Å². The number of fused-ring (bicyclic) bond motifs is 1. The molecule has 0 amide bonds. The van der Waals surface area contributed by atoms with Gasteiger partial charge in [-0.1, -0.05) is 17.7 Å². The van der Waals surface area contributed by atoms with E-state index in [1.807, 2.05) is 0 Å². The molecule has 1 atom stereocenters. The molecule has 8 heteroatoms. The number of rotatable bonds is 2. The van der Waals surface area contributed by atoms with Gasteiger partial charge in [-0.05, 0) is 31.0 Å². The minimum absolute atomic E-state index is 0.0624. The predicted octanol–water partition coefficient (Wildman–Crippen LogP) is 4.47. The van der Waals surface area contributed by atoms with Gasteiger partial charge in [0.05, 0.1) is 12.6 Å². The maximum Gasteiger partial charge on any atom is 0.433 e. The highest BCUT2D eigenvalue weighted by Gasteiger charge is 2.33. The van der Waals surface area contributed by atoms with E-state index in [1.165, 1.54) is 0 Å². The molecule has 1 aromatic carbocycles. The van der Waals surface area contributed by atoms with Crippen LogP contribution in [0.5, 0.6) is 5.75 Å². The third-order valence-corrected chi connectivity index (χ3v) is 3.73. The summed E-state index contributed by atoms with van der Waals surface area (Å²) in [6, 6.07) is 5.82. The van der Waals surface area contributed by atoms with E-state index in [0.29, 0.717) is 23.8 Å². The van der Waals surface area contributed by atoms with E-state index >= 15 is 0 Å². The van der Waals surface area contributed by atoms with Crippen LogP contribution in [0, 0.1) is 0 Å². The summed E-state index contributed by atoms with van der Waals surface area (Å²) in [6.07, 6.45) is -1.97. The lowest BCUT2D eigenvalue weighted by molar-refractivity contribution is -0.141. The van der Waals surface area contributed by atoms with Crippen molar-refractivity contribution < 1.29 is 17.9 Å². The second-order valence-electron chi connectivity index (χ2n) is 5.13. The highest BCUT2D eigenvalue weighted by atomic mass is 35.5. The first-order chi connectivity index (χ1) is 10.9. The van der Waals surface area contributed by atoms with Crippen molar-refractivity contribution in [1.82, 2.24) is 9.97 Å². The van der Waals surface area contributed by atoms with Gasteiger partial charge in [-0.15, -0.1) is 0 Å². The largest absolute Gasteiger partial charge is 0.493 e. The maximum absolute atomic E-state index is 12.7. The van der Waals surface area contributed by atoms with Crippen molar-refractivity contribution in [3.05, 3.63) is 46.7 Å². The van der Waals surface area contributed by atoms with E-state index in [4.69, 9.17) is 16.3 Å². The highest BCUT2D eigenvalue weighted by molar-refractivity contribution is 6.30. The fourth-order valence-corrected chi connectivity index (χ4v) is 2.60. The molecule has 1 aliphatic rings. The summed E-state index contributed by atoms with van der Waals surface area (Å²) < 4.78 is 43.9. The molecule has 0 spiro atoms. The Hall–Kier alpha value is -2.02. The number of hydrogen-bond donors (Lipinski definition) is 1. The SMILES string of the molecule is FC(F)(F)c1ccnc(NC2CCCOc3cc(Cl)ccc32)n1. The average Bonchev–Trinajstić information content (AvgIpc) is 2.69. The van der Waals surface area contributed by atoms with Gasteiger partial charge < -0.3 is 10.1 Å². The number of nitrogens with zero attached hydrogens (tertiary/aromatic N) is 2. The normalized spacial score (nSPS) is 17.8. The predicted molar refractivity (Wildman–Crippen MR) is 79.6 cm³/mol. The number of halogens is 4. The monoisotopic (exact) mass is 343 g/mol. The summed E-state index contributed by atoms with van der Waals surface area (Å²) in [5.74, 6) is 0.562. The zero-order chi connectivity index (χ0) is 16.4. The standard InChI is InChI=1S/C15H13ClF3N3O/c16-9-3-4-10-11(2-1-7-23-12(10)8-9)21-14-20-6-5-13(22-14)15(17,18)19/h3-6,8,11H,1-2,7H2,(H,20,21,22). The van der Waals surface area contributed by atoms with Crippen molar-refractivity contribution in [2.75, 3.05) is 11.9 Å². The molecule has 1 N–H and O–H groups in total. The third-order valence-electron chi connectivity index (χ3n) is 3.50. The summed E-state index contributed by atoms with van der Waals surface area (Å²) in [4.78, 5) is 7.42. The number of ether oxygens (including phenoxy) is 1. The number of aromatic nitrogens is 2. The van der Waals surface area contributed by atoms with Gasteiger partial charge in [-0.2, -0.15) is 13.2 Å². The molecule has 1 unspecified atom stereocenters. The van der Waals surface area contributed by atoms with Crippen LogP contribution in [0.2, 0.25) is 5.02 Å². The molecule has 0 radical (unpaired) electrons. The highest BCUT2D eigenvalue weighted by Crippen LogP contribution is 2.35. The van der Waals surface area contributed by atoms with E-state index in [9.17, 15) is 13.2 Å². The van der Waals surface area contributed by atoms with Crippen molar-refractivity contribution in [2.45, 2.75) is 25.1 Å². The van der Waals surface area contributed by atoms with Crippen LogP contribution in [-0.4, -0.2) is 16.6 Å². The van der Waals surface area contributed by atoms with Crippen molar-refractivity contribution in [3.63, 3.8) is 0 Å². The first kappa shape index (κ1) is 15.9. The minimum atomic E-state index is -4.50. The van der Waals surface area contributed by atoms with E-state index in [2.05, 4.69) is 15.3 Å². The summed E-state index contributed by atoms with van der Waals surface area (Å²) in [7, 11) is 0. The van der Waals surface area contributed by atoms with Crippen LogP contribution < -0.4 is 10.1 Å². The molecule has 1 aliphatic heterocycles. The summed E-state index contributed by atoms with van der Waals surface area (Å²) in [6.45, 7) is 0.523. The molecule has 2 heterocycles. The van der Waals surface area contributed by atoms with E-state index < -0.39 is 11.9 Å². The Balaban J connectivity index is 1.89. The fourth-order valence-electron chi connectivity index (χ4n) is 2.44. The first-order valence-electron chi connectivity index (χ1n) is 7.02. The molecule has 122 valence electrons. The zero-order valence-electron chi connectivity index (χ0n) is 11.9. The second-order valence-corrected chi connectivity index (χ2v) is 5.57. The van der Waals surface area contributed by atoms with Crippen LogP contribution >= 0.6 is 11.6 Å². The molecule has 0 saturated heterocycles. The van der Waals surface area contributed by atoms with E-state index in [1.54, 1.807) is 18.2 Å². The number of alkyl halides is 3. The van der Waals surface area contributed by atoms with Gasteiger partial charge in [-0.25, -0.2) is 9.97 Å². The van der Waals surface area contributed by atoms with Gasteiger partial charge in [-0.3, -0.25) is 0 Å². The van der Waals surface area contributed by atoms with Crippen LogP contribution in [0.25, 0.3) is 0 Å². The lowest BCUT2D eigenvalue weighted by Gasteiger charge is -2.19. The van der Waals surface area contributed by atoms with Gasteiger partial charge in [0.25, 0.3) is 0 Å². The van der Waals surface area contributed by atoms with E-state index in [-0.39, 0.29) is 12.0 Å². The minimum Gasteiger partial charge on any atom is -0.493 e. The topological polar surface area (TPSA) is 47.0 Å². The van der Waals surface area contributed by atoms with E-state index in [0.717, 1.165) is 24.2 Å². The Morgan fingerprint density at radius 3 is 2.87 bits per heavy atom. The number of benzene rings is 1. The fraction of sp³-hybridized carbons (Fsp3) is 0.333. The Morgan fingerprint density at radius 1 is 1.26 bits per heavy atom. The van der Waals surface area contributed by atoms with Gasteiger partial charge in [0.1, 0.15) is 11.4 Å². The molecule has 0 fully saturated rings. The molecule has 2 aromatic rings. The molecule has 1 aromatic heterocycles. The summed E-state index contributed by atoms with van der Waals surface area (Å²) >= 11 is 5.96. The van der Waals surface area contributed by atoms with Crippen LogP contribution in [-0.2, 0) is 6.18 Å². The lowest BCUT2D eigenvalue weighted by Crippen LogP contribution is -2.15. The summed E-state index contributed by atoms with van der Waals surface area (Å²) in [5.41, 5.74) is -0.149. The molecule has 3 rings (SSSR count). The molecule has 0 aliphatic carbocycles. The quantitative estimate of drug-likeness (QED) is 0.873. The molecular weight excluding hydrogens is 331 g/mol. The van der Waals surface area contributed by atoms with Crippen molar-refractivity contribution >= 4 is 17.5 Å². The van der Waals surface area contributed by atoms with Gasteiger partial charge in [0, 0.05) is 16.8 Å². The molecule has 0 saturated carbocycles. The molecule has 4 nitrogen and oxygen atoms in total. The Kier molecular flexibility index (Phi) is 4.30. The Bertz CT molecular complexity index is 709. The van der Waals surface area contributed by atoms with Crippen molar-refractivity contribution in [1.29, 1.82) is 0 Å². The van der Waals surface area contributed by atoms with Crippen molar-refractivity contribution in [2.24, 2.45) is 0 Å². The molecule has 23 heavy (non-hydrogen) atoms. The van der Waals surface area contributed by atoms with Gasteiger partial charge >= 0.3 is 6.18 Å². The van der Waals surface area contributed by atoms with Crippen LogP contribution in [0.1, 0.15) is 30.1 Å².